The molecule has 13 heteroatoms. The Hall–Kier alpha value is -4.55. The molecule has 7 nitrogen and oxygen atoms in total. The summed E-state index contributed by atoms with van der Waals surface area (Å²) in [5.74, 6) is 0.0234. The summed E-state index contributed by atoms with van der Waals surface area (Å²) in [5.41, 5.74) is 1.40. The number of esters is 1. The second-order valence-electron chi connectivity index (χ2n) is 13.2. The summed E-state index contributed by atoms with van der Waals surface area (Å²) >= 11 is 0. The summed E-state index contributed by atoms with van der Waals surface area (Å²) in [7, 11) is 2.82. The highest BCUT2D eigenvalue weighted by Crippen LogP contribution is 2.47. The normalized spacial score (nSPS) is 19.6. The second kappa shape index (κ2) is 13.1. The van der Waals surface area contributed by atoms with E-state index in [4.69, 9.17) is 14.2 Å². The number of benzene rings is 2. The Balaban J connectivity index is 1.54. The van der Waals surface area contributed by atoms with Gasteiger partial charge in [0, 0.05) is 23.9 Å². The van der Waals surface area contributed by atoms with Gasteiger partial charge < -0.3 is 14.2 Å². The maximum atomic E-state index is 13.6. The molecule has 3 aromatic rings. The minimum atomic E-state index is -5.04. The number of halogens is 6. The van der Waals surface area contributed by atoms with Gasteiger partial charge in [0.05, 0.1) is 31.4 Å². The zero-order valence-corrected chi connectivity index (χ0v) is 27.8. The van der Waals surface area contributed by atoms with E-state index in [1.54, 1.807) is 20.0 Å². The van der Waals surface area contributed by atoms with E-state index in [0.29, 0.717) is 36.3 Å². The van der Waals surface area contributed by atoms with Crippen molar-refractivity contribution in [3.05, 3.63) is 87.7 Å². The summed E-state index contributed by atoms with van der Waals surface area (Å²) in [6, 6.07) is 7.81. The Morgan fingerprint density at radius 3 is 2.22 bits per heavy atom. The number of hydrogen-bond donors (Lipinski definition) is 0. The number of methoxy groups -OCH3 is 2. The van der Waals surface area contributed by atoms with Crippen molar-refractivity contribution in [2.24, 2.45) is 5.41 Å². The molecule has 0 radical (unpaired) electrons. The second-order valence-corrected chi connectivity index (χ2v) is 13.2. The molecular weight excluding hydrogens is 654 g/mol. The zero-order chi connectivity index (χ0) is 36.1. The van der Waals surface area contributed by atoms with E-state index in [9.17, 15) is 35.9 Å². The number of amides is 1. The highest BCUT2D eigenvalue weighted by Gasteiger charge is 2.44. The molecule has 5 rings (SSSR count). The van der Waals surface area contributed by atoms with Gasteiger partial charge in [-0.1, -0.05) is 19.9 Å². The molecule has 0 saturated carbocycles. The van der Waals surface area contributed by atoms with E-state index in [0.717, 1.165) is 34.3 Å². The molecule has 0 N–H and O–H groups in total. The third-order valence-electron chi connectivity index (χ3n) is 9.18. The third-order valence-corrected chi connectivity index (χ3v) is 9.18. The van der Waals surface area contributed by atoms with Gasteiger partial charge in [0.25, 0.3) is 0 Å². The van der Waals surface area contributed by atoms with Crippen LogP contribution in [0.4, 0.5) is 31.1 Å². The van der Waals surface area contributed by atoms with E-state index in [1.807, 2.05) is 24.3 Å². The molecule has 0 spiro atoms. The van der Waals surface area contributed by atoms with Gasteiger partial charge in [-0.25, -0.2) is 14.6 Å². The molecule has 2 aromatic carbocycles. The van der Waals surface area contributed by atoms with Gasteiger partial charge in [0.2, 0.25) is 0 Å². The number of alkyl halides is 6. The maximum absolute atomic E-state index is 13.6. The number of carbonyl (C=O) groups excluding carboxylic acids is 2. The van der Waals surface area contributed by atoms with Crippen LogP contribution in [0.15, 0.2) is 54.2 Å². The lowest BCUT2D eigenvalue weighted by atomic mass is 9.72. The topological polar surface area (TPSA) is 78.0 Å². The predicted molar refractivity (Wildman–Crippen MR) is 169 cm³/mol. The number of pyridine rings is 1. The fourth-order valence-corrected chi connectivity index (χ4v) is 6.56. The number of allylic oxidation sites excluding steroid dienone is 1. The molecule has 1 saturated heterocycles. The number of cyclic esters (lactones) is 1. The van der Waals surface area contributed by atoms with Gasteiger partial charge in [-0.2, -0.15) is 26.3 Å². The quantitative estimate of drug-likeness (QED) is 0.182. The third kappa shape index (κ3) is 7.40. The molecular formula is C36H36F6N2O5. The van der Waals surface area contributed by atoms with Crippen LogP contribution in [-0.2, 0) is 21.8 Å². The first kappa shape index (κ1) is 35.7. The van der Waals surface area contributed by atoms with Crippen LogP contribution in [0, 0.1) is 12.3 Å². The number of nitrogens with zero attached hydrogens (tertiary/aromatic N) is 2. The van der Waals surface area contributed by atoms with Crippen LogP contribution in [0.3, 0.4) is 0 Å². The van der Waals surface area contributed by atoms with Gasteiger partial charge in [0.1, 0.15) is 11.9 Å². The van der Waals surface area contributed by atoms with Gasteiger partial charge in [-0.15, -0.1) is 0 Å². The van der Waals surface area contributed by atoms with Crippen molar-refractivity contribution in [3.63, 3.8) is 0 Å². The number of carbonyl (C=O) groups is 2. The minimum Gasteiger partial charge on any atom is -0.496 e. The van der Waals surface area contributed by atoms with Crippen molar-refractivity contribution in [3.8, 4) is 16.9 Å². The number of rotatable bonds is 7. The molecule has 0 unspecified atom stereocenters. The lowest BCUT2D eigenvalue weighted by Crippen LogP contribution is -2.35. The Morgan fingerprint density at radius 2 is 1.65 bits per heavy atom. The molecule has 49 heavy (non-hydrogen) atoms. The van der Waals surface area contributed by atoms with Crippen LogP contribution < -0.4 is 4.74 Å². The minimum absolute atomic E-state index is 0.0439. The first-order valence-electron chi connectivity index (χ1n) is 15.5. The number of aryl methyl sites for hydroxylation is 1. The molecule has 1 aliphatic heterocycles. The highest BCUT2D eigenvalue weighted by molar-refractivity contribution is 5.89. The summed E-state index contributed by atoms with van der Waals surface area (Å²) in [6.45, 7) is 7.52. The number of hydrogen-bond acceptors (Lipinski definition) is 6. The predicted octanol–water partition coefficient (Wildman–Crippen LogP) is 9.44. The average Bonchev–Trinajstić information content (AvgIpc) is 3.31. The van der Waals surface area contributed by atoms with Gasteiger partial charge in [0.15, 0.2) is 5.69 Å². The smallest absolute Gasteiger partial charge is 0.416 e. The summed E-state index contributed by atoms with van der Waals surface area (Å²) in [5, 5.41) is 0. The van der Waals surface area contributed by atoms with E-state index < -0.39 is 47.7 Å². The maximum Gasteiger partial charge on any atom is 0.416 e. The molecule has 2 heterocycles. The highest BCUT2D eigenvalue weighted by atomic mass is 19.4. The SMILES string of the molecule is COC(=O)c1ncc(-c2ccc(OC)c(C3=C(CN4C(=O)O[C@H](c5cc(C(F)(F)F)cc(C(F)(F)F)c5)[C@@H]4C)CC(C)(C)CC3)c2)cc1C. The van der Waals surface area contributed by atoms with Crippen molar-refractivity contribution >= 4 is 17.6 Å². The molecule has 262 valence electrons. The van der Waals surface area contributed by atoms with Crippen molar-refractivity contribution in [1.82, 2.24) is 9.88 Å². The first-order chi connectivity index (χ1) is 22.8. The van der Waals surface area contributed by atoms with Crippen LogP contribution in [0.25, 0.3) is 16.7 Å². The zero-order valence-electron chi connectivity index (χ0n) is 27.8. The molecule has 1 amide bonds. The van der Waals surface area contributed by atoms with E-state index in [-0.39, 0.29) is 29.3 Å². The standard InChI is InChI=1S/C36H36F6N2O5/c1-19-11-23(17-43-30(19)32(45)48-6)21-7-8-29(47-5)28(14-21)27-9-10-34(3,4)16-24(27)18-44-20(2)31(49-33(44)46)22-12-25(35(37,38)39)15-26(13-22)36(40,41)42/h7-8,11-15,17,20,31H,9-10,16,18H2,1-6H3/t20-,31-/m0/s1. The molecule has 1 fully saturated rings. The lowest BCUT2D eigenvalue weighted by molar-refractivity contribution is -0.143. The van der Waals surface area contributed by atoms with Crippen LogP contribution >= 0.6 is 0 Å². The fraction of sp³-hybridized carbons (Fsp3) is 0.417. The molecule has 1 aliphatic carbocycles. The van der Waals surface area contributed by atoms with E-state index >= 15 is 0 Å². The van der Waals surface area contributed by atoms with Crippen molar-refractivity contribution < 1.29 is 50.1 Å². The van der Waals surface area contributed by atoms with Crippen molar-refractivity contribution in [2.75, 3.05) is 20.8 Å². The lowest BCUT2D eigenvalue weighted by Gasteiger charge is -2.36. The van der Waals surface area contributed by atoms with Crippen LogP contribution in [0.5, 0.6) is 5.75 Å². The number of aromatic nitrogens is 1. The average molecular weight is 691 g/mol. The Bertz CT molecular complexity index is 1780. The van der Waals surface area contributed by atoms with Crippen molar-refractivity contribution in [2.45, 2.75) is 71.5 Å². The fourth-order valence-electron chi connectivity index (χ4n) is 6.56. The molecule has 2 atom stereocenters. The Morgan fingerprint density at radius 1 is 1.00 bits per heavy atom. The number of ether oxygens (including phenoxy) is 3. The van der Waals surface area contributed by atoms with Crippen molar-refractivity contribution in [1.29, 1.82) is 0 Å². The Kier molecular flexibility index (Phi) is 9.52. The van der Waals surface area contributed by atoms with Crippen LogP contribution in [-0.4, -0.2) is 48.8 Å². The van der Waals surface area contributed by atoms with Crippen LogP contribution in [0.2, 0.25) is 0 Å². The van der Waals surface area contributed by atoms with E-state index in [1.165, 1.54) is 19.1 Å². The van der Waals surface area contributed by atoms with Gasteiger partial charge >= 0.3 is 24.4 Å². The monoisotopic (exact) mass is 690 g/mol. The van der Waals surface area contributed by atoms with E-state index in [2.05, 4.69) is 18.8 Å². The molecule has 0 bridgehead atoms. The molecule has 2 aliphatic rings. The van der Waals surface area contributed by atoms with Gasteiger partial charge in [-0.3, -0.25) is 4.90 Å². The largest absolute Gasteiger partial charge is 0.496 e. The Labute approximate surface area is 279 Å². The summed E-state index contributed by atoms with van der Waals surface area (Å²) < 4.78 is 97.7. The summed E-state index contributed by atoms with van der Waals surface area (Å²) in [6.07, 6.45) is -8.73. The molecule has 1 aromatic heterocycles. The first-order valence-corrected chi connectivity index (χ1v) is 15.5. The van der Waals surface area contributed by atoms with Gasteiger partial charge in [-0.05, 0) is 103 Å². The van der Waals surface area contributed by atoms with Crippen LogP contribution in [0.1, 0.15) is 84.4 Å². The summed E-state index contributed by atoms with van der Waals surface area (Å²) in [4.78, 5) is 31.0.